The highest BCUT2D eigenvalue weighted by Crippen LogP contribution is 2.22. The summed E-state index contributed by atoms with van der Waals surface area (Å²) in [5.74, 6) is -0.676. The zero-order valence-corrected chi connectivity index (χ0v) is 14.9. The molecule has 0 aliphatic carbocycles. The molecule has 0 radical (unpaired) electrons. The van der Waals surface area contributed by atoms with Gasteiger partial charge in [0.2, 0.25) is 0 Å². The molecule has 0 unspecified atom stereocenters. The minimum atomic E-state index is -1.07. The van der Waals surface area contributed by atoms with Gasteiger partial charge in [-0.3, -0.25) is 9.59 Å². The van der Waals surface area contributed by atoms with Crippen LogP contribution in [0, 0.1) is 5.92 Å². The van der Waals surface area contributed by atoms with Gasteiger partial charge in [-0.25, -0.2) is 4.79 Å². The average Bonchev–Trinajstić information content (AvgIpc) is 2.60. The average molecular weight is 355 g/mol. The third-order valence-corrected chi connectivity index (χ3v) is 3.83. The smallest absolute Gasteiger partial charge is 0.326 e. The van der Waals surface area contributed by atoms with Crippen LogP contribution in [-0.2, 0) is 4.79 Å². The number of carboxylic acids is 1. The van der Waals surface area contributed by atoms with Gasteiger partial charge in [0.05, 0.1) is 0 Å². The van der Waals surface area contributed by atoms with Crippen molar-refractivity contribution in [2.75, 3.05) is 0 Å². The minimum Gasteiger partial charge on any atom is -0.480 e. The fourth-order valence-electron chi connectivity index (χ4n) is 2.31. The molecule has 6 heteroatoms. The van der Waals surface area contributed by atoms with E-state index in [-0.39, 0.29) is 11.7 Å². The molecule has 2 rings (SSSR count). The maximum absolute atomic E-state index is 12.2. The number of hydrogen-bond donors (Lipinski definition) is 2. The van der Waals surface area contributed by atoms with Crippen LogP contribution in [0.3, 0.4) is 0 Å². The highest BCUT2D eigenvalue weighted by Gasteiger charge is 2.23. The van der Waals surface area contributed by atoms with Gasteiger partial charge in [0.15, 0.2) is 5.78 Å². The number of hydrogen-bond acceptors (Lipinski definition) is 4. The van der Waals surface area contributed by atoms with Crippen LogP contribution in [0.4, 0.5) is 0 Å². The molecule has 0 aliphatic rings. The summed E-state index contributed by atoms with van der Waals surface area (Å²) in [6.45, 7) is 4.95. The largest absolute Gasteiger partial charge is 0.480 e. The minimum absolute atomic E-state index is 0.0204. The van der Waals surface area contributed by atoms with E-state index < -0.39 is 17.9 Å². The predicted octanol–water partition coefficient (Wildman–Crippen LogP) is 3.52. The molecule has 1 atom stereocenters. The molecule has 2 aromatic rings. The molecule has 0 bridgehead atoms. The second-order valence-electron chi connectivity index (χ2n) is 6.24. The molecule has 6 nitrogen and oxygen atoms in total. The van der Waals surface area contributed by atoms with E-state index >= 15 is 0 Å². The SMILES string of the molecule is CC(=O)c1ccc(Oc2ccc(C(=O)N[C@@H](C(=O)O)C(C)C)cc2)cc1. The van der Waals surface area contributed by atoms with E-state index in [9.17, 15) is 14.4 Å². The summed E-state index contributed by atoms with van der Waals surface area (Å²) in [5.41, 5.74) is 0.943. The van der Waals surface area contributed by atoms with Crippen LogP contribution in [0.5, 0.6) is 11.5 Å². The first-order valence-electron chi connectivity index (χ1n) is 8.20. The lowest BCUT2D eigenvalue weighted by Gasteiger charge is -2.18. The van der Waals surface area contributed by atoms with Gasteiger partial charge < -0.3 is 15.2 Å². The van der Waals surface area contributed by atoms with Gasteiger partial charge in [-0.15, -0.1) is 0 Å². The molecule has 0 aliphatic heterocycles. The Balaban J connectivity index is 2.04. The Bertz CT molecular complexity index is 794. The van der Waals surface area contributed by atoms with Crippen LogP contribution >= 0.6 is 0 Å². The molecule has 2 N–H and O–H groups in total. The first kappa shape index (κ1) is 19.2. The number of carbonyl (C=O) groups is 3. The monoisotopic (exact) mass is 355 g/mol. The molecule has 0 saturated heterocycles. The molecular weight excluding hydrogens is 334 g/mol. The van der Waals surface area contributed by atoms with Gasteiger partial charge in [0.25, 0.3) is 5.91 Å². The van der Waals surface area contributed by atoms with Crippen LogP contribution < -0.4 is 10.1 Å². The molecule has 1 amide bonds. The van der Waals surface area contributed by atoms with E-state index in [1.165, 1.54) is 6.92 Å². The van der Waals surface area contributed by atoms with Gasteiger partial charge in [-0.2, -0.15) is 0 Å². The van der Waals surface area contributed by atoms with Crippen molar-refractivity contribution >= 4 is 17.7 Å². The maximum Gasteiger partial charge on any atom is 0.326 e. The topological polar surface area (TPSA) is 92.7 Å². The zero-order chi connectivity index (χ0) is 19.3. The fourth-order valence-corrected chi connectivity index (χ4v) is 2.31. The Morgan fingerprint density at radius 3 is 1.73 bits per heavy atom. The summed E-state index contributed by atoms with van der Waals surface area (Å²) >= 11 is 0. The number of ether oxygens (including phenoxy) is 1. The Morgan fingerprint density at radius 1 is 0.885 bits per heavy atom. The van der Waals surface area contributed by atoms with Crippen molar-refractivity contribution in [3.05, 3.63) is 59.7 Å². The molecule has 0 spiro atoms. The quantitative estimate of drug-likeness (QED) is 0.741. The van der Waals surface area contributed by atoms with Gasteiger partial charge in [0, 0.05) is 11.1 Å². The van der Waals surface area contributed by atoms with Crippen LogP contribution in [-0.4, -0.2) is 28.8 Å². The summed E-state index contributed by atoms with van der Waals surface area (Å²) in [6, 6.07) is 12.2. The number of aliphatic carboxylic acids is 1. The number of ketones is 1. The fraction of sp³-hybridized carbons (Fsp3) is 0.250. The number of rotatable bonds is 7. The third kappa shape index (κ3) is 4.92. The van der Waals surface area contributed by atoms with Crippen molar-refractivity contribution in [2.24, 2.45) is 5.92 Å². The number of Topliss-reactive ketones (excluding diaryl/α,β-unsaturated/α-hetero) is 1. The summed E-state index contributed by atoms with van der Waals surface area (Å²) in [5, 5.41) is 11.7. The van der Waals surface area contributed by atoms with E-state index in [4.69, 9.17) is 9.84 Å². The number of carbonyl (C=O) groups excluding carboxylic acids is 2. The van der Waals surface area contributed by atoms with Crippen molar-refractivity contribution in [1.82, 2.24) is 5.32 Å². The van der Waals surface area contributed by atoms with Crippen LogP contribution in [0.15, 0.2) is 48.5 Å². The molecule has 0 fully saturated rings. The highest BCUT2D eigenvalue weighted by molar-refractivity contribution is 5.96. The van der Waals surface area contributed by atoms with Gasteiger partial charge >= 0.3 is 5.97 Å². The van der Waals surface area contributed by atoms with Crippen molar-refractivity contribution in [3.8, 4) is 11.5 Å². The van der Waals surface area contributed by atoms with E-state index in [1.807, 2.05) is 0 Å². The lowest BCUT2D eigenvalue weighted by Crippen LogP contribution is -2.44. The summed E-state index contributed by atoms with van der Waals surface area (Å²) in [6.07, 6.45) is 0. The van der Waals surface area contributed by atoms with Crippen LogP contribution in [0.1, 0.15) is 41.5 Å². The second kappa shape index (κ2) is 8.29. The molecule has 136 valence electrons. The van der Waals surface area contributed by atoms with Crippen LogP contribution in [0.2, 0.25) is 0 Å². The summed E-state index contributed by atoms with van der Waals surface area (Å²) in [4.78, 5) is 34.6. The number of carboxylic acid groups (broad SMARTS) is 1. The number of nitrogens with one attached hydrogen (secondary N) is 1. The molecule has 26 heavy (non-hydrogen) atoms. The maximum atomic E-state index is 12.2. The van der Waals surface area contributed by atoms with E-state index in [0.717, 1.165) is 0 Å². The van der Waals surface area contributed by atoms with E-state index in [1.54, 1.807) is 62.4 Å². The lowest BCUT2D eigenvalue weighted by molar-refractivity contribution is -0.140. The van der Waals surface area contributed by atoms with Crippen molar-refractivity contribution in [1.29, 1.82) is 0 Å². The lowest BCUT2D eigenvalue weighted by atomic mass is 10.0. The third-order valence-electron chi connectivity index (χ3n) is 3.83. The van der Waals surface area contributed by atoms with Crippen molar-refractivity contribution in [2.45, 2.75) is 26.8 Å². The normalized spacial score (nSPS) is 11.7. The molecule has 2 aromatic carbocycles. The second-order valence-corrected chi connectivity index (χ2v) is 6.24. The molecule has 0 saturated carbocycles. The Labute approximate surface area is 151 Å². The molecule has 0 aromatic heterocycles. The Kier molecular flexibility index (Phi) is 6.11. The zero-order valence-electron chi connectivity index (χ0n) is 14.9. The Morgan fingerprint density at radius 2 is 1.35 bits per heavy atom. The van der Waals surface area contributed by atoms with Crippen LogP contribution in [0.25, 0.3) is 0 Å². The molecule has 0 heterocycles. The van der Waals surface area contributed by atoms with Gasteiger partial charge in [-0.05, 0) is 61.4 Å². The predicted molar refractivity (Wildman–Crippen MR) is 96.7 cm³/mol. The number of amides is 1. The Hall–Kier alpha value is -3.15. The van der Waals surface area contributed by atoms with Gasteiger partial charge in [0.1, 0.15) is 17.5 Å². The molecular formula is C20H21NO5. The first-order chi connectivity index (χ1) is 12.3. The first-order valence-corrected chi connectivity index (χ1v) is 8.20. The summed E-state index contributed by atoms with van der Waals surface area (Å²) < 4.78 is 5.67. The van der Waals surface area contributed by atoms with Gasteiger partial charge in [-0.1, -0.05) is 13.8 Å². The van der Waals surface area contributed by atoms with Crippen molar-refractivity contribution in [3.63, 3.8) is 0 Å². The van der Waals surface area contributed by atoms with E-state index in [0.29, 0.717) is 22.6 Å². The number of benzene rings is 2. The standard InChI is InChI=1S/C20H21NO5/c1-12(2)18(20(24)25)21-19(23)15-6-10-17(11-7-15)26-16-8-4-14(5-9-16)13(3)22/h4-12,18H,1-3H3,(H,21,23)(H,24,25)/t18-/m1/s1. The highest BCUT2D eigenvalue weighted by atomic mass is 16.5. The summed E-state index contributed by atoms with van der Waals surface area (Å²) in [7, 11) is 0. The van der Waals surface area contributed by atoms with Crippen molar-refractivity contribution < 1.29 is 24.2 Å². The van der Waals surface area contributed by atoms with E-state index in [2.05, 4.69) is 5.32 Å².